The maximum Gasteiger partial charge on any atom is 0.307 e. The molecule has 0 saturated carbocycles. The molecule has 2 atom stereocenters. The molecule has 1 aliphatic rings. The summed E-state index contributed by atoms with van der Waals surface area (Å²) in [4.78, 5) is 15.6. The Hall–Kier alpha value is -3.58. The fourth-order valence-electron chi connectivity index (χ4n) is 4.14. The third kappa shape index (κ3) is 5.18. The smallest absolute Gasteiger partial charge is 0.307 e. The van der Waals surface area contributed by atoms with Crippen molar-refractivity contribution >= 4 is 17.5 Å². The summed E-state index contributed by atoms with van der Waals surface area (Å²) in [7, 11) is 1.64. The molecule has 1 aliphatic heterocycles. The molecule has 1 aromatic heterocycles. The molecule has 0 spiro atoms. The van der Waals surface area contributed by atoms with Crippen LogP contribution in [0.4, 0.5) is 11.5 Å². The number of nitrogens with zero attached hydrogens (tertiary/aromatic N) is 1. The summed E-state index contributed by atoms with van der Waals surface area (Å²) >= 11 is 0. The van der Waals surface area contributed by atoms with E-state index in [0.717, 1.165) is 41.3 Å². The molecule has 0 saturated heterocycles. The van der Waals surface area contributed by atoms with Crippen LogP contribution in [0.3, 0.4) is 0 Å². The highest BCUT2D eigenvalue weighted by molar-refractivity contribution is 5.70. The number of rotatable bonds is 9. The van der Waals surface area contributed by atoms with Crippen molar-refractivity contribution in [3.63, 3.8) is 0 Å². The number of fused-ring (bicyclic) bond motifs is 1. The van der Waals surface area contributed by atoms with Gasteiger partial charge in [0.25, 0.3) is 0 Å². The molecule has 0 bridgehead atoms. The number of pyridine rings is 1. The third-order valence-electron chi connectivity index (χ3n) is 5.66. The number of anilines is 2. The van der Waals surface area contributed by atoms with Gasteiger partial charge in [0, 0.05) is 12.7 Å². The highest BCUT2D eigenvalue weighted by Crippen LogP contribution is 2.28. The number of methoxy groups -OCH3 is 1. The molecule has 166 valence electrons. The monoisotopic (exact) mass is 432 g/mol. The van der Waals surface area contributed by atoms with Crippen LogP contribution in [0.1, 0.15) is 22.7 Å². The van der Waals surface area contributed by atoms with Gasteiger partial charge in [0.15, 0.2) is 0 Å². The number of aliphatic carboxylic acids is 1. The Bertz CT molecular complexity index is 1060. The molecule has 4 rings (SSSR count). The SMILES string of the molecule is COc1ccc(CC(=O)O)cc1CCN[C@H](c1ccccc1)[C@H]1CNc2cccnc2N1. The van der Waals surface area contributed by atoms with Crippen molar-refractivity contribution in [1.82, 2.24) is 10.3 Å². The number of benzene rings is 2. The van der Waals surface area contributed by atoms with E-state index in [0.29, 0.717) is 6.54 Å². The van der Waals surface area contributed by atoms with E-state index in [-0.39, 0.29) is 18.5 Å². The Kier molecular flexibility index (Phi) is 6.87. The highest BCUT2D eigenvalue weighted by atomic mass is 16.5. The molecule has 2 heterocycles. The molecule has 3 aromatic rings. The molecule has 0 aliphatic carbocycles. The first-order chi connectivity index (χ1) is 15.6. The maximum atomic E-state index is 11.1. The number of carboxylic acids is 1. The van der Waals surface area contributed by atoms with Gasteiger partial charge in [-0.25, -0.2) is 4.98 Å². The first-order valence-electron chi connectivity index (χ1n) is 10.8. The van der Waals surface area contributed by atoms with Gasteiger partial charge < -0.3 is 25.8 Å². The Morgan fingerprint density at radius 2 is 2.06 bits per heavy atom. The van der Waals surface area contributed by atoms with E-state index in [9.17, 15) is 4.79 Å². The quantitative estimate of drug-likeness (QED) is 0.411. The van der Waals surface area contributed by atoms with Crippen molar-refractivity contribution in [1.29, 1.82) is 0 Å². The Morgan fingerprint density at radius 1 is 1.22 bits per heavy atom. The number of carbonyl (C=O) groups is 1. The van der Waals surface area contributed by atoms with Crippen LogP contribution in [-0.4, -0.2) is 42.3 Å². The van der Waals surface area contributed by atoms with Crippen LogP contribution in [-0.2, 0) is 17.6 Å². The topological polar surface area (TPSA) is 95.5 Å². The molecule has 32 heavy (non-hydrogen) atoms. The number of nitrogens with one attached hydrogen (secondary N) is 3. The van der Waals surface area contributed by atoms with Crippen LogP contribution in [0.5, 0.6) is 5.75 Å². The van der Waals surface area contributed by atoms with Crippen molar-refractivity contribution in [2.45, 2.75) is 24.9 Å². The predicted molar refractivity (Wildman–Crippen MR) is 125 cm³/mol. The van der Waals surface area contributed by atoms with Crippen molar-refractivity contribution < 1.29 is 14.6 Å². The maximum absolute atomic E-state index is 11.1. The molecule has 7 heteroatoms. The lowest BCUT2D eigenvalue weighted by Gasteiger charge is -2.34. The van der Waals surface area contributed by atoms with Crippen LogP contribution < -0.4 is 20.7 Å². The van der Waals surface area contributed by atoms with Gasteiger partial charge in [-0.3, -0.25) is 4.79 Å². The lowest BCUT2D eigenvalue weighted by atomic mass is 9.97. The van der Waals surface area contributed by atoms with Gasteiger partial charge in [0.2, 0.25) is 0 Å². The lowest BCUT2D eigenvalue weighted by Crippen LogP contribution is -2.44. The van der Waals surface area contributed by atoms with Crippen molar-refractivity contribution in [3.05, 3.63) is 83.6 Å². The zero-order chi connectivity index (χ0) is 22.3. The molecule has 0 amide bonds. The van der Waals surface area contributed by atoms with Crippen LogP contribution in [0.15, 0.2) is 66.9 Å². The molecular formula is C25H28N4O3. The van der Waals surface area contributed by atoms with Crippen LogP contribution in [0.2, 0.25) is 0 Å². The van der Waals surface area contributed by atoms with Gasteiger partial charge in [0.05, 0.1) is 31.3 Å². The summed E-state index contributed by atoms with van der Waals surface area (Å²) in [6, 6.07) is 20.1. The Labute approximate surface area is 187 Å². The Balaban J connectivity index is 1.49. The summed E-state index contributed by atoms with van der Waals surface area (Å²) in [5.41, 5.74) is 3.97. The lowest BCUT2D eigenvalue weighted by molar-refractivity contribution is -0.136. The van der Waals surface area contributed by atoms with E-state index in [2.05, 4.69) is 33.1 Å². The second-order valence-corrected chi connectivity index (χ2v) is 7.84. The number of hydrogen-bond acceptors (Lipinski definition) is 6. The number of carboxylic acid groups (broad SMARTS) is 1. The van der Waals surface area contributed by atoms with Gasteiger partial charge in [-0.1, -0.05) is 42.5 Å². The van der Waals surface area contributed by atoms with Gasteiger partial charge in [-0.2, -0.15) is 0 Å². The Morgan fingerprint density at radius 3 is 2.84 bits per heavy atom. The highest BCUT2D eigenvalue weighted by Gasteiger charge is 2.27. The average molecular weight is 433 g/mol. The molecule has 0 fully saturated rings. The molecule has 4 N–H and O–H groups in total. The van der Waals surface area contributed by atoms with Crippen LogP contribution in [0.25, 0.3) is 0 Å². The summed E-state index contributed by atoms with van der Waals surface area (Å²) in [5, 5.41) is 19.9. The number of ether oxygens (including phenoxy) is 1. The summed E-state index contributed by atoms with van der Waals surface area (Å²) < 4.78 is 5.50. The first-order valence-corrected chi connectivity index (χ1v) is 10.8. The zero-order valence-electron chi connectivity index (χ0n) is 18.0. The van der Waals surface area contributed by atoms with Crippen LogP contribution >= 0.6 is 0 Å². The van der Waals surface area contributed by atoms with Gasteiger partial charge in [0.1, 0.15) is 11.6 Å². The van der Waals surface area contributed by atoms with Gasteiger partial charge in [-0.05, 0) is 47.9 Å². The minimum absolute atomic E-state index is 0.00113. The number of hydrogen-bond donors (Lipinski definition) is 4. The molecule has 2 aromatic carbocycles. The summed E-state index contributed by atoms with van der Waals surface area (Å²) in [6.07, 6.45) is 2.51. The normalized spacial score (nSPS) is 15.7. The number of aromatic nitrogens is 1. The second-order valence-electron chi connectivity index (χ2n) is 7.84. The summed E-state index contributed by atoms with van der Waals surface area (Å²) in [6.45, 7) is 1.47. The van der Waals surface area contributed by atoms with E-state index in [1.807, 2.05) is 42.5 Å². The molecule has 7 nitrogen and oxygen atoms in total. The van der Waals surface area contributed by atoms with E-state index in [1.165, 1.54) is 5.56 Å². The predicted octanol–water partition coefficient (Wildman–Crippen LogP) is 3.50. The van der Waals surface area contributed by atoms with Gasteiger partial charge >= 0.3 is 5.97 Å². The standard InChI is InChI=1S/C25H28N4O3/c1-32-22-10-9-17(15-23(30)31)14-19(22)11-13-26-24(18-6-3-2-4-7-18)21-16-28-20-8-5-12-27-25(20)29-21/h2-10,12,14,21,24,26,28H,11,13,15-16H2,1H3,(H,27,29)(H,30,31)/t21-,24-/m1/s1. The second kappa shape index (κ2) is 10.2. The van der Waals surface area contributed by atoms with E-state index in [1.54, 1.807) is 19.4 Å². The fraction of sp³-hybridized carbons (Fsp3) is 0.280. The van der Waals surface area contributed by atoms with Crippen molar-refractivity contribution in [2.24, 2.45) is 0 Å². The van der Waals surface area contributed by atoms with E-state index >= 15 is 0 Å². The first kappa shape index (κ1) is 21.6. The minimum Gasteiger partial charge on any atom is -0.496 e. The average Bonchev–Trinajstić information content (AvgIpc) is 2.82. The molecular weight excluding hydrogens is 404 g/mol. The van der Waals surface area contributed by atoms with Crippen LogP contribution in [0, 0.1) is 0 Å². The van der Waals surface area contributed by atoms with E-state index in [4.69, 9.17) is 9.84 Å². The van der Waals surface area contributed by atoms with Crippen molar-refractivity contribution in [3.8, 4) is 5.75 Å². The van der Waals surface area contributed by atoms with Crippen molar-refractivity contribution in [2.75, 3.05) is 30.8 Å². The van der Waals surface area contributed by atoms with E-state index < -0.39 is 5.97 Å². The zero-order valence-corrected chi connectivity index (χ0v) is 18.0. The molecule has 0 radical (unpaired) electrons. The largest absolute Gasteiger partial charge is 0.496 e. The third-order valence-corrected chi connectivity index (χ3v) is 5.66. The van der Waals surface area contributed by atoms with Gasteiger partial charge in [-0.15, -0.1) is 0 Å². The fourth-order valence-corrected chi connectivity index (χ4v) is 4.14. The summed E-state index contributed by atoms with van der Waals surface area (Å²) in [5.74, 6) is 0.787. The minimum atomic E-state index is -0.840. The molecule has 0 unspecified atom stereocenters.